The zero-order chi connectivity index (χ0) is 12.7. The molecule has 2 heteroatoms. The highest BCUT2D eigenvalue weighted by atomic mass is 16.5. The van der Waals surface area contributed by atoms with Crippen molar-refractivity contribution in [1.29, 1.82) is 0 Å². The summed E-state index contributed by atoms with van der Waals surface area (Å²) in [6.07, 6.45) is 2.45. The molecule has 0 aliphatic heterocycles. The quantitative estimate of drug-likeness (QED) is 0.776. The topological polar surface area (TPSA) is 21.3 Å². The molecule has 1 N–H and O–H groups in total. The Morgan fingerprint density at radius 2 is 1.94 bits per heavy atom. The largest absolute Gasteiger partial charge is 0.494 e. The third-order valence-corrected chi connectivity index (χ3v) is 3.18. The Kier molecular flexibility index (Phi) is 6.06. The second-order valence-electron chi connectivity index (χ2n) is 4.50. The van der Waals surface area contributed by atoms with E-state index in [0.717, 1.165) is 12.4 Å². The molecule has 0 saturated carbocycles. The molecule has 1 rings (SSSR count). The number of rotatable bonds is 7. The van der Waals surface area contributed by atoms with Gasteiger partial charge in [0.15, 0.2) is 0 Å². The fraction of sp³-hybridized carbons (Fsp3) is 0.600. The first-order valence-corrected chi connectivity index (χ1v) is 6.63. The van der Waals surface area contributed by atoms with E-state index in [9.17, 15) is 0 Å². The minimum atomic E-state index is 0.373. The highest BCUT2D eigenvalue weighted by molar-refractivity contribution is 5.36. The minimum Gasteiger partial charge on any atom is -0.494 e. The Hall–Kier alpha value is -1.02. The zero-order valence-corrected chi connectivity index (χ0v) is 11.5. The lowest BCUT2D eigenvalue weighted by Crippen LogP contribution is -2.24. The van der Waals surface area contributed by atoms with Gasteiger partial charge in [0, 0.05) is 11.6 Å². The van der Waals surface area contributed by atoms with Crippen LogP contribution in [-0.4, -0.2) is 13.7 Å². The second-order valence-corrected chi connectivity index (χ2v) is 4.50. The van der Waals surface area contributed by atoms with Gasteiger partial charge in [-0.2, -0.15) is 0 Å². The fourth-order valence-electron chi connectivity index (χ4n) is 2.39. The molecule has 0 aliphatic rings. The number of ether oxygens (including phenoxy) is 1. The van der Waals surface area contributed by atoms with Crippen LogP contribution in [0.1, 0.15) is 45.2 Å². The van der Waals surface area contributed by atoms with E-state index in [0.29, 0.717) is 12.0 Å². The first-order chi connectivity index (χ1) is 8.24. The third kappa shape index (κ3) is 3.74. The lowest BCUT2D eigenvalue weighted by molar-refractivity contribution is 0.318. The standard InChI is InChI=1S/C15H25NO/c1-5-9-12(3)15(16-4)13-10-7-8-11-14(13)17-6-2/h7-8,10-12,15-16H,5-6,9H2,1-4H3. The third-order valence-electron chi connectivity index (χ3n) is 3.18. The molecule has 1 aromatic rings. The average Bonchev–Trinajstić information content (AvgIpc) is 2.33. The summed E-state index contributed by atoms with van der Waals surface area (Å²) in [6.45, 7) is 7.28. The normalized spacial score (nSPS) is 14.4. The van der Waals surface area contributed by atoms with Crippen molar-refractivity contribution >= 4 is 0 Å². The molecule has 0 aromatic heterocycles. The van der Waals surface area contributed by atoms with Crippen LogP contribution in [0.2, 0.25) is 0 Å². The summed E-state index contributed by atoms with van der Waals surface area (Å²) in [5.74, 6) is 1.63. The molecule has 0 aliphatic carbocycles. The van der Waals surface area contributed by atoms with Crippen LogP contribution in [-0.2, 0) is 0 Å². The van der Waals surface area contributed by atoms with Crippen LogP contribution in [0.15, 0.2) is 24.3 Å². The van der Waals surface area contributed by atoms with Gasteiger partial charge in [-0.3, -0.25) is 0 Å². The molecule has 2 unspecified atom stereocenters. The highest BCUT2D eigenvalue weighted by Crippen LogP contribution is 2.31. The Morgan fingerprint density at radius 3 is 2.53 bits per heavy atom. The number of hydrogen-bond donors (Lipinski definition) is 1. The molecular weight excluding hydrogens is 210 g/mol. The molecule has 0 bridgehead atoms. The summed E-state index contributed by atoms with van der Waals surface area (Å²) in [6, 6.07) is 8.71. The first-order valence-electron chi connectivity index (χ1n) is 6.63. The average molecular weight is 235 g/mol. The summed E-state index contributed by atoms with van der Waals surface area (Å²) in [7, 11) is 2.03. The summed E-state index contributed by atoms with van der Waals surface area (Å²) in [5.41, 5.74) is 1.28. The van der Waals surface area contributed by atoms with Gasteiger partial charge in [-0.15, -0.1) is 0 Å². The molecule has 0 radical (unpaired) electrons. The van der Waals surface area contributed by atoms with E-state index in [-0.39, 0.29) is 0 Å². The van der Waals surface area contributed by atoms with Crippen molar-refractivity contribution in [3.8, 4) is 5.75 Å². The summed E-state index contributed by atoms with van der Waals surface area (Å²) < 4.78 is 5.71. The Bertz CT molecular complexity index is 324. The molecule has 2 atom stereocenters. The highest BCUT2D eigenvalue weighted by Gasteiger charge is 2.19. The van der Waals surface area contributed by atoms with E-state index in [2.05, 4.69) is 37.4 Å². The predicted octanol–water partition coefficient (Wildman–Crippen LogP) is 3.78. The lowest BCUT2D eigenvalue weighted by atomic mass is 9.90. The SMILES string of the molecule is CCCC(C)C(NC)c1ccccc1OCC. The van der Waals surface area contributed by atoms with Gasteiger partial charge in [-0.25, -0.2) is 0 Å². The van der Waals surface area contributed by atoms with E-state index < -0.39 is 0 Å². The molecule has 96 valence electrons. The van der Waals surface area contributed by atoms with Gasteiger partial charge in [0.1, 0.15) is 5.75 Å². The number of para-hydroxylation sites is 1. The molecular formula is C15H25NO. The maximum absolute atomic E-state index is 5.71. The van der Waals surface area contributed by atoms with Crippen molar-refractivity contribution in [1.82, 2.24) is 5.32 Å². The van der Waals surface area contributed by atoms with Crippen molar-refractivity contribution in [3.05, 3.63) is 29.8 Å². The summed E-state index contributed by atoms with van der Waals surface area (Å²) in [5, 5.41) is 3.42. The lowest BCUT2D eigenvalue weighted by Gasteiger charge is -2.25. The summed E-state index contributed by atoms with van der Waals surface area (Å²) in [4.78, 5) is 0. The van der Waals surface area contributed by atoms with E-state index >= 15 is 0 Å². The number of benzene rings is 1. The summed E-state index contributed by atoms with van der Waals surface area (Å²) >= 11 is 0. The zero-order valence-electron chi connectivity index (χ0n) is 11.5. The monoisotopic (exact) mass is 235 g/mol. The van der Waals surface area contributed by atoms with Gasteiger partial charge in [-0.05, 0) is 32.4 Å². The van der Waals surface area contributed by atoms with Gasteiger partial charge >= 0.3 is 0 Å². The molecule has 1 aromatic carbocycles. The van der Waals surface area contributed by atoms with Crippen LogP contribution in [0.5, 0.6) is 5.75 Å². The number of nitrogens with one attached hydrogen (secondary N) is 1. The molecule has 0 saturated heterocycles. The van der Waals surface area contributed by atoms with E-state index in [4.69, 9.17) is 4.74 Å². The van der Waals surface area contributed by atoms with Gasteiger partial charge in [-0.1, -0.05) is 38.5 Å². The van der Waals surface area contributed by atoms with Crippen LogP contribution in [0.4, 0.5) is 0 Å². The molecule has 2 nitrogen and oxygen atoms in total. The van der Waals surface area contributed by atoms with Crippen LogP contribution in [0.3, 0.4) is 0 Å². The first kappa shape index (κ1) is 14.0. The molecule has 0 spiro atoms. The van der Waals surface area contributed by atoms with E-state index in [1.54, 1.807) is 0 Å². The Labute approximate surface area is 105 Å². The van der Waals surface area contributed by atoms with Gasteiger partial charge in [0.05, 0.1) is 6.61 Å². The fourth-order valence-corrected chi connectivity index (χ4v) is 2.39. The van der Waals surface area contributed by atoms with E-state index in [1.807, 2.05) is 20.0 Å². The Balaban J connectivity index is 2.93. The van der Waals surface area contributed by atoms with Crippen molar-refractivity contribution in [3.63, 3.8) is 0 Å². The molecule has 0 amide bonds. The minimum absolute atomic E-state index is 0.373. The van der Waals surface area contributed by atoms with Crippen molar-refractivity contribution in [2.24, 2.45) is 5.92 Å². The Morgan fingerprint density at radius 1 is 1.24 bits per heavy atom. The molecule has 0 heterocycles. The smallest absolute Gasteiger partial charge is 0.124 e. The molecule has 0 fully saturated rings. The van der Waals surface area contributed by atoms with Crippen LogP contribution < -0.4 is 10.1 Å². The van der Waals surface area contributed by atoms with Gasteiger partial charge < -0.3 is 10.1 Å². The van der Waals surface area contributed by atoms with Gasteiger partial charge in [0.25, 0.3) is 0 Å². The van der Waals surface area contributed by atoms with Crippen molar-refractivity contribution in [2.75, 3.05) is 13.7 Å². The van der Waals surface area contributed by atoms with Crippen molar-refractivity contribution < 1.29 is 4.74 Å². The maximum Gasteiger partial charge on any atom is 0.124 e. The van der Waals surface area contributed by atoms with Crippen LogP contribution >= 0.6 is 0 Å². The predicted molar refractivity (Wildman–Crippen MR) is 73.5 cm³/mol. The van der Waals surface area contributed by atoms with E-state index in [1.165, 1.54) is 18.4 Å². The van der Waals surface area contributed by atoms with Crippen molar-refractivity contribution in [2.45, 2.75) is 39.7 Å². The van der Waals surface area contributed by atoms with Crippen LogP contribution in [0.25, 0.3) is 0 Å². The molecule has 17 heavy (non-hydrogen) atoms. The second kappa shape index (κ2) is 7.33. The number of hydrogen-bond acceptors (Lipinski definition) is 2. The maximum atomic E-state index is 5.71. The van der Waals surface area contributed by atoms with Crippen LogP contribution in [0, 0.1) is 5.92 Å². The van der Waals surface area contributed by atoms with Gasteiger partial charge in [0.2, 0.25) is 0 Å².